The Labute approximate surface area is 138 Å². The zero-order valence-electron chi connectivity index (χ0n) is 13.0. The number of rotatable bonds is 4. The number of ether oxygens (including phenoxy) is 1. The van der Waals surface area contributed by atoms with E-state index >= 15 is 0 Å². The first-order valence-corrected chi connectivity index (χ1v) is 7.45. The first-order chi connectivity index (χ1) is 11.7. The van der Waals surface area contributed by atoms with Gasteiger partial charge in [0.05, 0.1) is 17.6 Å². The number of amides is 2. The fraction of sp³-hybridized carbons (Fsp3) is 0.118. The third-order valence-corrected chi connectivity index (χ3v) is 3.27. The molecule has 3 N–H and O–H groups in total. The molecule has 0 atom stereocenters. The van der Waals surface area contributed by atoms with Crippen LogP contribution in [-0.2, 0) is 4.74 Å². The summed E-state index contributed by atoms with van der Waals surface area (Å²) in [6, 6.07) is 14.3. The number of para-hydroxylation sites is 1. The number of carbonyl (C=O) groups excluding carboxylic acids is 2. The van der Waals surface area contributed by atoms with Gasteiger partial charge in [-0.1, -0.05) is 18.2 Å². The molecule has 7 heteroatoms. The average Bonchev–Trinajstić information content (AvgIpc) is 2.97. The maximum Gasteiger partial charge on any atom is 0.413 e. The Morgan fingerprint density at radius 2 is 1.92 bits per heavy atom. The smallest absolute Gasteiger partial charge is 0.413 e. The molecule has 0 spiro atoms. The van der Waals surface area contributed by atoms with Crippen LogP contribution in [0.15, 0.2) is 48.5 Å². The fourth-order valence-corrected chi connectivity index (χ4v) is 2.20. The summed E-state index contributed by atoms with van der Waals surface area (Å²) in [5, 5.41) is 5.31. The molecule has 1 aromatic heterocycles. The molecule has 0 saturated heterocycles. The van der Waals surface area contributed by atoms with E-state index in [0.717, 1.165) is 5.69 Å². The molecular weight excluding hydrogens is 308 g/mol. The van der Waals surface area contributed by atoms with Gasteiger partial charge in [-0.05, 0) is 37.3 Å². The minimum absolute atomic E-state index is 0.224. The molecule has 0 aliphatic carbocycles. The van der Waals surface area contributed by atoms with E-state index in [9.17, 15) is 9.59 Å². The van der Waals surface area contributed by atoms with Gasteiger partial charge in [-0.25, -0.2) is 9.78 Å². The molecule has 3 rings (SSSR count). The number of nitrogens with zero attached hydrogens (tertiary/aromatic N) is 1. The Morgan fingerprint density at radius 1 is 1.12 bits per heavy atom. The number of hydrogen-bond acceptors (Lipinski definition) is 4. The molecule has 7 nitrogen and oxygen atoms in total. The molecule has 0 aliphatic rings. The van der Waals surface area contributed by atoms with Crippen LogP contribution >= 0.6 is 0 Å². The van der Waals surface area contributed by atoms with E-state index < -0.39 is 6.09 Å². The van der Waals surface area contributed by atoms with Crippen molar-refractivity contribution in [1.29, 1.82) is 0 Å². The second-order valence-corrected chi connectivity index (χ2v) is 4.98. The Balaban J connectivity index is 1.78. The number of imidazole rings is 1. The van der Waals surface area contributed by atoms with Crippen molar-refractivity contribution < 1.29 is 14.3 Å². The summed E-state index contributed by atoms with van der Waals surface area (Å²) in [5.41, 5.74) is 2.48. The maximum absolute atomic E-state index is 12.3. The number of nitrogens with one attached hydrogen (secondary N) is 3. The molecule has 0 unspecified atom stereocenters. The quantitative estimate of drug-likeness (QED) is 0.685. The second-order valence-electron chi connectivity index (χ2n) is 4.98. The van der Waals surface area contributed by atoms with Gasteiger partial charge in [0, 0.05) is 11.3 Å². The van der Waals surface area contributed by atoms with Gasteiger partial charge in [0.15, 0.2) is 0 Å². The summed E-state index contributed by atoms with van der Waals surface area (Å²) in [7, 11) is 0. The lowest BCUT2D eigenvalue weighted by Gasteiger charge is -2.04. The van der Waals surface area contributed by atoms with Crippen LogP contribution in [-0.4, -0.2) is 28.6 Å². The van der Waals surface area contributed by atoms with E-state index in [1.54, 1.807) is 25.1 Å². The number of hydrogen-bond donors (Lipinski definition) is 3. The van der Waals surface area contributed by atoms with Gasteiger partial charge in [-0.15, -0.1) is 0 Å². The van der Waals surface area contributed by atoms with Gasteiger partial charge in [0.25, 0.3) is 5.91 Å². The van der Waals surface area contributed by atoms with Gasteiger partial charge in [-0.3, -0.25) is 10.1 Å². The predicted molar refractivity (Wildman–Crippen MR) is 91.1 cm³/mol. The van der Waals surface area contributed by atoms with Gasteiger partial charge in [0.2, 0.25) is 5.95 Å². The highest BCUT2D eigenvalue weighted by molar-refractivity contribution is 6.06. The van der Waals surface area contributed by atoms with E-state index in [0.29, 0.717) is 16.6 Å². The minimum Gasteiger partial charge on any atom is -0.450 e. The van der Waals surface area contributed by atoms with E-state index in [1.807, 2.05) is 30.3 Å². The summed E-state index contributed by atoms with van der Waals surface area (Å²) >= 11 is 0. The maximum atomic E-state index is 12.3. The number of aromatic nitrogens is 2. The summed E-state index contributed by atoms with van der Waals surface area (Å²) in [4.78, 5) is 30.9. The number of aromatic amines is 1. The number of anilines is 2. The van der Waals surface area contributed by atoms with E-state index in [1.165, 1.54) is 0 Å². The molecule has 3 aromatic rings. The Hall–Kier alpha value is -3.35. The van der Waals surface area contributed by atoms with Crippen molar-refractivity contribution in [2.45, 2.75) is 6.92 Å². The molecule has 2 amide bonds. The summed E-state index contributed by atoms with van der Waals surface area (Å²) in [6.45, 7) is 1.99. The average molecular weight is 324 g/mol. The topological polar surface area (TPSA) is 96.1 Å². The van der Waals surface area contributed by atoms with Crippen molar-refractivity contribution in [3.63, 3.8) is 0 Å². The van der Waals surface area contributed by atoms with Gasteiger partial charge >= 0.3 is 6.09 Å². The van der Waals surface area contributed by atoms with Crippen molar-refractivity contribution in [3.8, 4) is 0 Å². The van der Waals surface area contributed by atoms with E-state index in [-0.39, 0.29) is 18.5 Å². The minimum atomic E-state index is -0.585. The third-order valence-electron chi connectivity index (χ3n) is 3.27. The van der Waals surface area contributed by atoms with Gasteiger partial charge in [0.1, 0.15) is 0 Å². The molecule has 24 heavy (non-hydrogen) atoms. The van der Waals surface area contributed by atoms with Crippen LogP contribution in [0.25, 0.3) is 11.0 Å². The number of benzene rings is 2. The number of fused-ring (bicyclic) bond motifs is 1. The van der Waals surface area contributed by atoms with E-state index in [4.69, 9.17) is 4.74 Å². The molecule has 0 radical (unpaired) electrons. The molecular formula is C17H16N4O3. The van der Waals surface area contributed by atoms with Crippen LogP contribution in [0.4, 0.5) is 16.4 Å². The molecule has 1 heterocycles. The van der Waals surface area contributed by atoms with Gasteiger partial charge in [-0.2, -0.15) is 0 Å². The van der Waals surface area contributed by atoms with Crippen molar-refractivity contribution in [2.75, 3.05) is 17.2 Å². The Kier molecular flexibility index (Phi) is 4.42. The molecule has 2 aromatic carbocycles. The van der Waals surface area contributed by atoms with Gasteiger partial charge < -0.3 is 15.0 Å². The zero-order valence-corrected chi connectivity index (χ0v) is 13.0. The molecule has 0 bridgehead atoms. The van der Waals surface area contributed by atoms with E-state index in [2.05, 4.69) is 20.6 Å². The van der Waals surface area contributed by atoms with Crippen LogP contribution in [0.3, 0.4) is 0 Å². The summed E-state index contributed by atoms with van der Waals surface area (Å²) in [6.07, 6.45) is -0.585. The first-order valence-electron chi connectivity index (χ1n) is 7.45. The van der Waals surface area contributed by atoms with Crippen LogP contribution in [0, 0.1) is 0 Å². The lowest BCUT2D eigenvalue weighted by atomic mass is 10.2. The van der Waals surface area contributed by atoms with Crippen molar-refractivity contribution in [2.24, 2.45) is 0 Å². The summed E-state index contributed by atoms with van der Waals surface area (Å²) < 4.78 is 4.80. The lowest BCUT2D eigenvalue weighted by molar-refractivity contribution is 0.102. The molecule has 0 saturated carbocycles. The highest BCUT2D eigenvalue weighted by Crippen LogP contribution is 2.17. The highest BCUT2D eigenvalue weighted by atomic mass is 16.5. The third kappa shape index (κ3) is 3.52. The predicted octanol–water partition coefficient (Wildman–Crippen LogP) is 3.38. The van der Waals surface area contributed by atoms with Crippen molar-refractivity contribution in [1.82, 2.24) is 9.97 Å². The zero-order chi connectivity index (χ0) is 16.9. The Morgan fingerprint density at radius 3 is 2.67 bits per heavy atom. The SMILES string of the molecule is CCOC(=O)Nc1nc2ccc(C(=O)Nc3ccccc3)cc2[nH]1. The van der Waals surface area contributed by atoms with Crippen molar-refractivity contribution >= 4 is 34.7 Å². The van der Waals surface area contributed by atoms with Crippen LogP contribution in [0.5, 0.6) is 0 Å². The standard InChI is InChI=1S/C17H16N4O3/c1-2-24-17(23)21-16-19-13-9-8-11(10-14(13)20-16)15(22)18-12-6-4-3-5-7-12/h3-10H,2H2,1H3,(H,18,22)(H2,19,20,21,23). The summed E-state index contributed by atoms with van der Waals surface area (Å²) in [5.74, 6) is 0.0432. The van der Waals surface area contributed by atoms with Crippen LogP contribution in [0.2, 0.25) is 0 Å². The number of carbonyl (C=O) groups is 2. The normalized spacial score (nSPS) is 10.4. The largest absolute Gasteiger partial charge is 0.450 e. The first kappa shape index (κ1) is 15.5. The van der Waals surface area contributed by atoms with Crippen LogP contribution in [0.1, 0.15) is 17.3 Å². The van der Waals surface area contributed by atoms with Crippen molar-refractivity contribution in [3.05, 3.63) is 54.1 Å². The number of H-pyrrole nitrogens is 1. The highest BCUT2D eigenvalue weighted by Gasteiger charge is 2.11. The molecule has 122 valence electrons. The monoisotopic (exact) mass is 324 g/mol. The Bertz CT molecular complexity index is 874. The molecule has 0 aliphatic heterocycles. The molecule has 0 fully saturated rings. The second kappa shape index (κ2) is 6.82. The lowest BCUT2D eigenvalue weighted by Crippen LogP contribution is -2.14. The van der Waals surface area contributed by atoms with Crippen LogP contribution < -0.4 is 10.6 Å². The fourth-order valence-electron chi connectivity index (χ4n) is 2.20.